The Hall–Kier alpha value is -1.93. The molecule has 0 aliphatic carbocycles. The highest BCUT2D eigenvalue weighted by atomic mass is 127. The number of halogens is 4. The average molecular weight is 525 g/mol. The van der Waals surface area contributed by atoms with Gasteiger partial charge in [0.1, 0.15) is 5.82 Å². The Morgan fingerprint density at radius 1 is 1.21 bits per heavy atom. The van der Waals surface area contributed by atoms with Gasteiger partial charge in [-0.2, -0.15) is 0 Å². The van der Waals surface area contributed by atoms with Gasteiger partial charge in [-0.25, -0.2) is 18.7 Å². The molecular weight excluding hydrogens is 506 g/mol. The summed E-state index contributed by atoms with van der Waals surface area (Å²) in [5, 5.41) is 13.9. The first-order valence-corrected chi connectivity index (χ1v) is 9.42. The first-order chi connectivity index (χ1) is 13.9. The SMILES string of the molecule is COCNCc1cc(C(=O)NOCCO)c(Nc2ccc(I)cc2F)c(F)c1F. The topological polar surface area (TPSA) is 91.9 Å². The highest BCUT2D eigenvalue weighted by Gasteiger charge is 2.23. The summed E-state index contributed by atoms with van der Waals surface area (Å²) < 4.78 is 48.9. The second-order valence-electron chi connectivity index (χ2n) is 5.70. The number of hydrogen-bond donors (Lipinski definition) is 4. The molecule has 2 aromatic rings. The summed E-state index contributed by atoms with van der Waals surface area (Å²) in [4.78, 5) is 17.2. The highest BCUT2D eigenvalue weighted by molar-refractivity contribution is 14.1. The Bertz CT molecular complexity index is 871. The lowest BCUT2D eigenvalue weighted by Crippen LogP contribution is -2.27. The highest BCUT2D eigenvalue weighted by Crippen LogP contribution is 2.30. The van der Waals surface area contributed by atoms with Crippen molar-refractivity contribution in [2.24, 2.45) is 0 Å². The number of nitrogens with one attached hydrogen (secondary N) is 3. The fourth-order valence-electron chi connectivity index (χ4n) is 2.34. The van der Waals surface area contributed by atoms with Crippen LogP contribution in [0.3, 0.4) is 0 Å². The zero-order valence-corrected chi connectivity index (χ0v) is 17.5. The number of methoxy groups -OCH3 is 1. The molecule has 0 bridgehead atoms. The minimum absolute atomic E-state index is 0.0794. The van der Waals surface area contributed by atoms with Gasteiger partial charge in [-0.15, -0.1) is 0 Å². The largest absolute Gasteiger partial charge is 0.394 e. The second kappa shape index (κ2) is 11.3. The van der Waals surface area contributed by atoms with Crippen LogP contribution in [0.5, 0.6) is 0 Å². The standard InChI is InChI=1S/C18H19F3IN3O4/c1-28-9-23-8-10-6-12(18(27)25-29-5-4-26)17(16(21)15(10)20)24-14-3-2-11(22)7-13(14)19/h2-3,6-7,23-24,26H,4-5,8-9H2,1H3,(H,25,27). The van der Waals surface area contributed by atoms with E-state index in [9.17, 15) is 18.0 Å². The summed E-state index contributed by atoms with van der Waals surface area (Å²) >= 11 is 1.90. The Labute approximate surface area is 178 Å². The van der Waals surface area contributed by atoms with Gasteiger partial charge in [0.15, 0.2) is 11.6 Å². The van der Waals surface area contributed by atoms with Crippen LogP contribution in [0.2, 0.25) is 0 Å². The number of hydroxylamine groups is 1. The Kier molecular flexibility index (Phi) is 9.10. The number of benzene rings is 2. The first-order valence-electron chi connectivity index (χ1n) is 8.34. The third kappa shape index (κ3) is 6.27. The summed E-state index contributed by atoms with van der Waals surface area (Å²) in [7, 11) is 1.42. The predicted octanol–water partition coefficient (Wildman–Crippen LogP) is 2.80. The maximum Gasteiger partial charge on any atom is 0.277 e. The average Bonchev–Trinajstić information content (AvgIpc) is 2.69. The van der Waals surface area contributed by atoms with Gasteiger partial charge in [0.25, 0.3) is 5.91 Å². The van der Waals surface area contributed by atoms with E-state index in [1.54, 1.807) is 6.07 Å². The molecule has 0 spiro atoms. The molecule has 7 nitrogen and oxygen atoms in total. The van der Waals surface area contributed by atoms with Crippen molar-refractivity contribution in [2.75, 3.05) is 32.4 Å². The number of amides is 1. The third-order valence-corrected chi connectivity index (χ3v) is 4.31. The van der Waals surface area contributed by atoms with E-state index < -0.39 is 29.0 Å². The molecule has 0 unspecified atom stereocenters. The number of carbonyl (C=O) groups excluding carboxylic acids is 1. The van der Waals surface area contributed by atoms with Gasteiger partial charge < -0.3 is 15.2 Å². The van der Waals surface area contributed by atoms with Gasteiger partial charge in [0.2, 0.25) is 0 Å². The van der Waals surface area contributed by atoms with Crippen molar-refractivity contribution in [3.8, 4) is 0 Å². The van der Waals surface area contributed by atoms with E-state index in [2.05, 4.69) is 10.6 Å². The number of hydrogen-bond acceptors (Lipinski definition) is 6. The maximum absolute atomic E-state index is 14.8. The van der Waals surface area contributed by atoms with Crippen LogP contribution in [0, 0.1) is 21.0 Å². The van der Waals surface area contributed by atoms with Crippen LogP contribution in [0.15, 0.2) is 24.3 Å². The molecule has 0 atom stereocenters. The van der Waals surface area contributed by atoms with E-state index in [0.717, 1.165) is 6.07 Å². The van der Waals surface area contributed by atoms with E-state index in [-0.39, 0.29) is 43.3 Å². The zero-order valence-electron chi connectivity index (χ0n) is 15.3. The number of anilines is 2. The molecular formula is C18H19F3IN3O4. The Balaban J connectivity index is 2.45. The van der Waals surface area contributed by atoms with Gasteiger partial charge in [-0.05, 0) is 46.9 Å². The van der Waals surface area contributed by atoms with E-state index in [4.69, 9.17) is 14.7 Å². The minimum atomic E-state index is -1.35. The molecule has 0 saturated carbocycles. The number of ether oxygens (including phenoxy) is 1. The van der Waals surface area contributed by atoms with E-state index in [1.807, 2.05) is 28.1 Å². The molecule has 0 radical (unpaired) electrons. The number of aliphatic hydroxyl groups excluding tert-OH is 1. The van der Waals surface area contributed by atoms with Gasteiger partial charge >= 0.3 is 0 Å². The molecule has 1 amide bonds. The van der Waals surface area contributed by atoms with Crippen LogP contribution >= 0.6 is 22.6 Å². The van der Waals surface area contributed by atoms with Crippen LogP contribution in [-0.2, 0) is 16.1 Å². The van der Waals surface area contributed by atoms with Crippen molar-refractivity contribution < 1.29 is 32.6 Å². The fraction of sp³-hybridized carbons (Fsp3) is 0.278. The second-order valence-corrected chi connectivity index (χ2v) is 6.94. The lowest BCUT2D eigenvalue weighted by atomic mass is 10.1. The van der Waals surface area contributed by atoms with Crippen LogP contribution < -0.4 is 16.1 Å². The van der Waals surface area contributed by atoms with Crippen LogP contribution in [-0.4, -0.2) is 38.1 Å². The van der Waals surface area contributed by atoms with E-state index in [1.165, 1.54) is 19.2 Å². The summed E-state index contributed by atoms with van der Waals surface area (Å²) in [5.74, 6) is -4.16. The van der Waals surface area contributed by atoms with Gasteiger partial charge in [-0.3, -0.25) is 14.9 Å². The van der Waals surface area contributed by atoms with Gasteiger partial charge in [0, 0.05) is 22.8 Å². The van der Waals surface area contributed by atoms with Crippen LogP contribution in [0.4, 0.5) is 24.5 Å². The Morgan fingerprint density at radius 2 is 1.97 bits per heavy atom. The van der Waals surface area contributed by atoms with Crippen molar-refractivity contribution in [3.05, 3.63) is 56.4 Å². The van der Waals surface area contributed by atoms with Crippen molar-refractivity contribution in [3.63, 3.8) is 0 Å². The molecule has 2 rings (SSSR count). The summed E-state index contributed by atoms with van der Waals surface area (Å²) in [6.07, 6.45) is 0. The zero-order chi connectivity index (χ0) is 21.4. The number of rotatable bonds is 10. The fourth-order valence-corrected chi connectivity index (χ4v) is 2.79. The molecule has 29 heavy (non-hydrogen) atoms. The molecule has 0 aromatic heterocycles. The molecule has 158 valence electrons. The van der Waals surface area contributed by atoms with Crippen LogP contribution in [0.25, 0.3) is 0 Å². The lowest BCUT2D eigenvalue weighted by Gasteiger charge is -2.17. The minimum Gasteiger partial charge on any atom is -0.394 e. The van der Waals surface area contributed by atoms with Crippen molar-refractivity contribution in [1.29, 1.82) is 0 Å². The maximum atomic E-state index is 14.8. The van der Waals surface area contributed by atoms with Crippen LogP contribution in [0.1, 0.15) is 15.9 Å². The van der Waals surface area contributed by atoms with Crippen molar-refractivity contribution >= 4 is 39.9 Å². The molecule has 0 aliphatic rings. The first kappa shape index (κ1) is 23.3. The number of aliphatic hydroxyl groups is 1. The molecule has 0 saturated heterocycles. The molecule has 11 heteroatoms. The molecule has 4 N–H and O–H groups in total. The predicted molar refractivity (Wildman–Crippen MR) is 108 cm³/mol. The molecule has 0 fully saturated rings. The number of carbonyl (C=O) groups is 1. The Morgan fingerprint density at radius 3 is 2.62 bits per heavy atom. The quantitative estimate of drug-likeness (QED) is 0.165. The van der Waals surface area contributed by atoms with Gasteiger partial charge in [-0.1, -0.05) is 0 Å². The lowest BCUT2D eigenvalue weighted by molar-refractivity contribution is 0.0168. The van der Waals surface area contributed by atoms with Crippen molar-refractivity contribution in [1.82, 2.24) is 10.8 Å². The smallest absolute Gasteiger partial charge is 0.277 e. The normalized spacial score (nSPS) is 10.8. The molecule has 0 aliphatic heterocycles. The summed E-state index contributed by atoms with van der Waals surface area (Å²) in [6, 6.07) is 5.22. The summed E-state index contributed by atoms with van der Waals surface area (Å²) in [6.45, 7) is -0.599. The van der Waals surface area contributed by atoms with E-state index >= 15 is 0 Å². The monoisotopic (exact) mass is 525 g/mol. The molecule has 0 heterocycles. The van der Waals surface area contributed by atoms with E-state index in [0.29, 0.717) is 3.57 Å². The third-order valence-electron chi connectivity index (χ3n) is 3.64. The van der Waals surface area contributed by atoms with Gasteiger partial charge in [0.05, 0.1) is 36.9 Å². The summed E-state index contributed by atoms with van der Waals surface area (Å²) in [5.41, 5.74) is 0.881. The molecule has 2 aromatic carbocycles. The van der Waals surface area contributed by atoms with Crippen molar-refractivity contribution in [2.45, 2.75) is 6.54 Å².